The number of carbonyl (C=O) groups is 2. The predicted octanol–water partition coefficient (Wildman–Crippen LogP) is 9.14. The molecule has 0 unspecified atom stereocenters. The first-order chi connectivity index (χ1) is 58.2. The number of hydrogen-bond acceptors (Lipinski definition) is 29. The van der Waals surface area contributed by atoms with E-state index in [1.807, 2.05) is 98.7 Å². The number of hydrogen-bond donors (Lipinski definition) is 7. The zero-order valence-corrected chi connectivity index (χ0v) is 73.1. The predicted molar refractivity (Wildman–Crippen MR) is 463 cm³/mol. The van der Waals surface area contributed by atoms with E-state index in [9.17, 15) is 52.8 Å². The van der Waals surface area contributed by atoms with Gasteiger partial charge in [-0.1, -0.05) is 26.0 Å². The highest BCUT2D eigenvalue weighted by Crippen LogP contribution is 2.45. The number of amides is 2. The van der Waals surface area contributed by atoms with E-state index < -0.39 is 48.4 Å². The van der Waals surface area contributed by atoms with Crippen molar-refractivity contribution < 1.29 is 71.7 Å². The Kier molecular flexibility index (Phi) is 29.4. The highest BCUT2D eigenvalue weighted by atomic mass is 79.9. The molecule has 0 spiro atoms. The normalized spacial score (nSPS) is 14.4. The van der Waals surface area contributed by atoms with Crippen molar-refractivity contribution in [1.29, 1.82) is 0 Å². The molecule has 0 aliphatic heterocycles. The van der Waals surface area contributed by atoms with Crippen LogP contribution >= 0.6 is 15.9 Å². The molecule has 5 aliphatic carbocycles. The van der Waals surface area contributed by atoms with Crippen molar-refractivity contribution in [2.45, 2.75) is 110 Å². The minimum Gasteiger partial charge on any atom is -0.495 e. The van der Waals surface area contributed by atoms with E-state index >= 15 is 0 Å². The van der Waals surface area contributed by atoms with E-state index in [4.69, 9.17) is 30.4 Å². The largest absolute Gasteiger partial charge is 0.534 e. The van der Waals surface area contributed by atoms with Crippen molar-refractivity contribution in [3.8, 4) is 17.5 Å². The van der Waals surface area contributed by atoms with Crippen LogP contribution in [0.3, 0.4) is 0 Å². The van der Waals surface area contributed by atoms with E-state index in [1.54, 1.807) is 67.7 Å². The third kappa shape index (κ3) is 24.6. The molecule has 0 saturated heterocycles. The first-order valence-corrected chi connectivity index (χ1v) is 44.7. The van der Waals surface area contributed by atoms with Gasteiger partial charge in [0.1, 0.15) is 16.1 Å². The maximum absolute atomic E-state index is 12.2. The standard InChI is InChI=1S/C24H31N7O2.C15H24N4O2.C10H8F3N3O3S.C10H11N3O2S.C9H9N3O.C7H6BrN3O2S.C3H7BO2/c1-6-23(32)26-18-13-19(22(33-5)14-21(18)30(4)12-11-29(2)3)27-24-25-15-17-9-10-20(16-7-8-16)31(17)28-24;1-6-15(20)17-12-9-11(16)14(21-5)10-13(12)19(4)8-7-18(2)3;11-10(12,13)20(17,18)19-9-14-5-7-3-4-8(6-1-2-6)16(7)15-9;1-16(14,15)10-11-6-8-4-5-9(7-2-3-7)13(8)12-10;13-9-10-5-7-3-4-8(6-1-2-6)12(7)11-9;1-14(12,13)7-9-4-5-2-3-6(8)11(5)10-7;5-4(6)3-1-2-3/h6,9-10,13-16H,1,7-8,11-12H2,2-5H3,(H,26,32)(H,27,28);6,9-10H,1,7-8,16H2,2-5H3,(H,17,20);3-6H,1-2H2;4-7H,2-3H2,1H3;3-6H,1-2H2,(H,11,13);2-4H,1H3;3,5-6H,1-2H2. The molecule has 5 aliphatic rings. The van der Waals surface area contributed by atoms with Crippen molar-refractivity contribution in [1.82, 2.24) is 82.8 Å². The maximum atomic E-state index is 12.2. The van der Waals surface area contributed by atoms with E-state index in [0.29, 0.717) is 74.0 Å². The van der Waals surface area contributed by atoms with Crippen LogP contribution < -0.4 is 50.8 Å². The number of alkyl halides is 3. The number of methoxy groups -OCH3 is 2. The zero-order chi connectivity index (χ0) is 89.2. The Labute approximate surface area is 715 Å². The Morgan fingerprint density at radius 2 is 0.976 bits per heavy atom. The van der Waals surface area contributed by atoms with Crippen LogP contribution in [0.5, 0.6) is 17.5 Å². The number of rotatable bonds is 25. The summed E-state index contributed by atoms with van der Waals surface area (Å²) < 4.78 is 127. The summed E-state index contributed by atoms with van der Waals surface area (Å²) >= 11 is 3.25. The number of nitrogens with zero attached hydrogens (tertiary/aromatic N) is 18. The number of likely N-dealkylation sites (N-methyl/N-ethyl adjacent to an activating group) is 4. The lowest BCUT2D eigenvalue weighted by Crippen LogP contribution is -2.29. The molecule has 0 radical (unpaired) electrons. The smallest absolute Gasteiger partial charge is 0.495 e. The number of aromatic amines is 1. The van der Waals surface area contributed by atoms with Gasteiger partial charge in [-0.15, -0.1) is 20.4 Å². The van der Waals surface area contributed by atoms with Gasteiger partial charge in [-0.3, -0.25) is 14.1 Å². The van der Waals surface area contributed by atoms with Crippen LogP contribution in [0.1, 0.15) is 111 Å². The van der Waals surface area contributed by atoms with Crippen molar-refractivity contribution in [2.75, 3.05) is 127 Å². The second-order valence-corrected chi connectivity index (χ2v) is 36.4. The Balaban J connectivity index is 0.000000146. The van der Waals surface area contributed by atoms with Crippen LogP contribution in [0.15, 0.2) is 161 Å². The van der Waals surface area contributed by atoms with Gasteiger partial charge >= 0.3 is 34.4 Å². The molecular formula is C78H96BBrF3N23O14S3. The zero-order valence-electron chi connectivity index (χ0n) is 69.1. The lowest BCUT2D eigenvalue weighted by molar-refractivity contribution is -0.112. The molecule has 10 heterocycles. The minimum atomic E-state index is -5.76. The fourth-order valence-corrected chi connectivity index (χ4v) is 13.9. The van der Waals surface area contributed by atoms with E-state index in [-0.39, 0.29) is 33.6 Å². The molecule has 2 amide bonds. The van der Waals surface area contributed by atoms with Crippen molar-refractivity contribution in [3.63, 3.8) is 0 Å². The molecule has 12 aromatic rings. The quantitative estimate of drug-likeness (QED) is 0.00921. The molecular weight excluding hydrogens is 1730 g/mol. The molecule has 8 N–H and O–H groups in total. The van der Waals surface area contributed by atoms with E-state index in [2.05, 4.69) is 121 Å². The van der Waals surface area contributed by atoms with Gasteiger partial charge in [-0.05, 0) is 186 Å². The van der Waals surface area contributed by atoms with Crippen LogP contribution in [-0.4, -0.2) is 238 Å². The molecule has 10 aromatic heterocycles. The van der Waals surface area contributed by atoms with Gasteiger partial charge in [0, 0.05) is 111 Å². The average Bonchev–Trinajstić information content (AvgIpc) is 1.55. The molecule has 17 rings (SSSR count). The molecule has 123 heavy (non-hydrogen) atoms. The Morgan fingerprint density at radius 1 is 0.561 bits per heavy atom. The lowest BCUT2D eigenvalue weighted by atomic mass is 9.84. The summed E-state index contributed by atoms with van der Waals surface area (Å²) in [6.07, 6.45) is 23.4. The summed E-state index contributed by atoms with van der Waals surface area (Å²) in [5.41, 5.74) is 12.6. The van der Waals surface area contributed by atoms with Gasteiger partial charge < -0.3 is 65.0 Å². The summed E-state index contributed by atoms with van der Waals surface area (Å²) in [7, 11) is 1.71. The molecule has 0 atom stereocenters. The first-order valence-electron chi connectivity index (χ1n) is 38.7. The van der Waals surface area contributed by atoms with E-state index in [0.717, 1.165) is 122 Å². The third-order valence-corrected chi connectivity index (χ3v) is 22.8. The number of nitrogens with two attached hydrogens (primary N) is 1. The molecule has 5 fully saturated rings. The summed E-state index contributed by atoms with van der Waals surface area (Å²) in [6, 6.07) is 25.6. The highest BCUT2D eigenvalue weighted by Gasteiger charge is 2.49. The summed E-state index contributed by atoms with van der Waals surface area (Å²) in [5, 5.41) is 44.2. The fraction of sp³-hybridized carbons (Fsp3) is 0.385. The molecule has 37 nitrogen and oxygen atoms in total. The lowest BCUT2D eigenvalue weighted by Gasteiger charge is -2.25. The van der Waals surface area contributed by atoms with Crippen LogP contribution in [0.25, 0.3) is 27.6 Å². The number of halogens is 4. The molecule has 2 aromatic carbocycles. The number of anilines is 7. The number of nitrogen functional groups attached to an aromatic ring is 1. The summed E-state index contributed by atoms with van der Waals surface area (Å²) in [5.74, 6) is 3.34. The summed E-state index contributed by atoms with van der Waals surface area (Å²) in [4.78, 5) is 62.2. The van der Waals surface area contributed by atoms with Crippen molar-refractivity contribution in [3.05, 3.63) is 179 Å². The van der Waals surface area contributed by atoms with Crippen molar-refractivity contribution in [2.24, 2.45) is 0 Å². The van der Waals surface area contributed by atoms with Crippen LogP contribution in [0, 0.1) is 0 Å². The van der Waals surface area contributed by atoms with Gasteiger partial charge in [0.15, 0.2) is 0 Å². The third-order valence-electron chi connectivity index (χ3n) is 19.6. The minimum absolute atomic E-state index is 0.113. The number of ether oxygens (including phenoxy) is 2. The van der Waals surface area contributed by atoms with Crippen molar-refractivity contribution >= 4 is 132 Å². The molecule has 5 saturated carbocycles. The Hall–Kier alpha value is -11.6. The van der Waals surface area contributed by atoms with Gasteiger partial charge in [0.2, 0.25) is 37.4 Å². The van der Waals surface area contributed by atoms with Gasteiger partial charge in [-0.2, -0.15) is 31.6 Å². The number of aromatic nitrogens is 15. The number of nitrogens with one attached hydrogen (secondary N) is 4. The number of sulfone groups is 2. The monoisotopic (exact) mass is 1820 g/mol. The Morgan fingerprint density at radius 3 is 1.42 bits per heavy atom. The van der Waals surface area contributed by atoms with E-state index in [1.165, 1.54) is 70.6 Å². The topological polar surface area (TPSA) is 451 Å². The molecule has 0 bridgehead atoms. The first kappa shape index (κ1) is 92.1. The number of carbonyl (C=O) groups excluding carboxylic acids is 2. The highest BCUT2D eigenvalue weighted by molar-refractivity contribution is 9.10. The number of H-pyrrole nitrogens is 1. The second-order valence-electron chi connectivity index (χ2n) is 30.2. The fourth-order valence-electron chi connectivity index (χ4n) is 12.1. The van der Waals surface area contributed by atoms with Crippen LogP contribution in [0.4, 0.5) is 53.2 Å². The van der Waals surface area contributed by atoms with Gasteiger partial charge in [0.25, 0.3) is 10.3 Å². The maximum Gasteiger partial charge on any atom is 0.534 e. The van der Waals surface area contributed by atoms with Gasteiger partial charge in [-0.25, -0.2) is 59.7 Å². The number of fused-ring (bicyclic) bond motifs is 5. The van der Waals surface area contributed by atoms with Crippen LogP contribution in [0.2, 0.25) is 5.82 Å². The molecule has 45 heteroatoms. The van der Waals surface area contributed by atoms with Gasteiger partial charge in [0.05, 0.1) is 107 Å². The second kappa shape index (κ2) is 39.3. The Bertz CT molecular complexity index is 6250. The summed E-state index contributed by atoms with van der Waals surface area (Å²) in [6.45, 7) is 10.4. The van der Waals surface area contributed by atoms with Crippen LogP contribution in [-0.2, 0) is 39.4 Å². The SMILES string of the molecule is C=CC(=O)Nc1cc(N)c(OC)cc1N(C)CCN(C)C.C=CC(=O)Nc1cc(Nc2ncc3ccc(C4CC4)n3n2)c(OC)cc1N(C)CCN(C)C.CS(=O)(=O)c1ncc2ccc(Br)n2n1.CS(=O)(=O)c1ncc2ccc(C3CC3)n2n1.O=S(=O)(Oc1ncc2ccc(C3CC3)n2n1)C(F)(F)F.O=c1ncc2ccc(C3CC3)n2[nH]1.OB(O)C1CC1. The average molecular weight is 1820 g/mol. The number of benzene rings is 2. The molecule has 656 valence electrons.